The van der Waals surface area contributed by atoms with Gasteiger partial charge in [0.2, 0.25) is 0 Å². The van der Waals surface area contributed by atoms with E-state index in [1.807, 2.05) is 48.5 Å². The Morgan fingerprint density at radius 3 is 2.43 bits per heavy atom. The van der Waals surface area contributed by atoms with Crippen LogP contribution in [0.25, 0.3) is 32.6 Å². The van der Waals surface area contributed by atoms with Gasteiger partial charge < -0.3 is 14.5 Å². The van der Waals surface area contributed by atoms with Crippen LogP contribution in [0, 0.1) is 0 Å². The van der Waals surface area contributed by atoms with Gasteiger partial charge in [0.05, 0.1) is 36.2 Å². The summed E-state index contributed by atoms with van der Waals surface area (Å²) in [5, 5.41) is 3.84. The SMILES string of the molecule is COC(=O)c1ccc(Cc2ccccc2)c2[nH]c3cc4ccccc4c(OC)c3c12. The summed E-state index contributed by atoms with van der Waals surface area (Å²) in [6.07, 6.45) is 0.757. The Morgan fingerprint density at radius 1 is 0.900 bits per heavy atom. The van der Waals surface area contributed by atoms with E-state index in [0.717, 1.165) is 50.3 Å². The van der Waals surface area contributed by atoms with Crippen LogP contribution in [0.3, 0.4) is 0 Å². The van der Waals surface area contributed by atoms with Crippen LogP contribution in [0.15, 0.2) is 72.8 Å². The number of fused-ring (bicyclic) bond motifs is 4. The van der Waals surface area contributed by atoms with Crippen molar-refractivity contribution in [2.24, 2.45) is 0 Å². The molecule has 0 amide bonds. The van der Waals surface area contributed by atoms with Crippen molar-refractivity contribution in [1.29, 1.82) is 0 Å². The molecule has 1 aromatic heterocycles. The predicted molar refractivity (Wildman–Crippen MR) is 120 cm³/mol. The minimum absolute atomic E-state index is 0.359. The highest BCUT2D eigenvalue weighted by atomic mass is 16.5. The molecule has 0 bridgehead atoms. The Balaban J connectivity index is 1.89. The van der Waals surface area contributed by atoms with Crippen molar-refractivity contribution in [2.75, 3.05) is 14.2 Å². The first-order valence-electron chi connectivity index (χ1n) is 9.86. The zero-order valence-corrected chi connectivity index (χ0v) is 16.9. The minimum atomic E-state index is -0.359. The third-order valence-corrected chi connectivity index (χ3v) is 5.65. The summed E-state index contributed by atoms with van der Waals surface area (Å²) >= 11 is 0. The Hall–Kier alpha value is -3.79. The smallest absolute Gasteiger partial charge is 0.338 e. The van der Waals surface area contributed by atoms with Gasteiger partial charge in [-0.1, -0.05) is 60.7 Å². The van der Waals surface area contributed by atoms with Crippen LogP contribution < -0.4 is 4.74 Å². The molecule has 5 rings (SSSR count). The van der Waals surface area contributed by atoms with Gasteiger partial charge in [-0.15, -0.1) is 0 Å². The summed E-state index contributed by atoms with van der Waals surface area (Å²) < 4.78 is 10.9. The molecule has 0 aliphatic heterocycles. The number of rotatable bonds is 4. The molecule has 4 aromatic carbocycles. The lowest BCUT2D eigenvalue weighted by Crippen LogP contribution is -2.03. The van der Waals surface area contributed by atoms with Crippen molar-refractivity contribution in [1.82, 2.24) is 4.98 Å². The second-order valence-corrected chi connectivity index (χ2v) is 7.35. The first-order chi connectivity index (χ1) is 14.7. The van der Waals surface area contributed by atoms with Gasteiger partial charge in [-0.25, -0.2) is 4.79 Å². The van der Waals surface area contributed by atoms with Gasteiger partial charge in [0, 0.05) is 10.8 Å². The molecule has 0 fully saturated rings. The Bertz CT molecular complexity index is 1400. The maximum atomic E-state index is 12.6. The fourth-order valence-electron chi connectivity index (χ4n) is 4.30. The molecule has 1 N–H and O–H groups in total. The van der Waals surface area contributed by atoms with E-state index in [9.17, 15) is 4.79 Å². The minimum Gasteiger partial charge on any atom is -0.495 e. The first-order valence-corrected chi connectivity index (χ1v) is 9.86. The molecule has 0 radical (unpaired) electrons. The number of aromatic amines is 1. The van der Waals surface area contributed by atoms with Crippen molar-refractivity contribution >= 4 is 38.5 Å². The third kappa shape index (κ3) is 2.80. The molecule has 0 saturated heterocycles. The number of hydrogen-bond donors (Lipinski definition) is 1. The van der Waals surface area contributed by atoms with E-state index in [-0.39, 0.29) is 5.97 Å². The van der Waals surface area contributed by atoms with Crippen molar-refractivity contribution < 1.29 is 14.3 Å². The number of H-pyrrole nitrogens is 1. The molecule has 30 heavy (non-hydrogen) atoms. The predicted octanol–water partition coefficient (Wildman–Crippen LogP) is 5.86. The highest BCUT2D eigenvalue weighted by molar-refractivity contribution is 6.22. The van der Waals surface area contributed by atoms with Crippen LogP contribution in [0.1, 0.15) is 21.5 Å². The lowest BCUT2D eigenvalue weighted by molar-refractivity contribution is 0.0603. The molecule has 0 spiro atoms. The van der Waals surface area contributed by atoms with E-state index in [4.69, 9.17) is 9.47 Å². The molecular weight excluding hydrogens is 374 g/mol. The van der Waals surface area contributed by atoms with Crippen molar-refractivity contribution in [3.63, 3.8) is 0 Å². The number of methoxy groups -OCH3 is 2. The van der Waals surface area contributed by atoms with Crippen LogP contribution in [-0.2, 0) is 11.2 Å². The Morgan fingerprint density at radius 2 is 1.67 bits per heavy atom. The fourth-order valence-corrected chi connectivity index (χ4v) is 4.30. The van der Waals surface area contributed by atoms with Crippen LogP contribution in [0.2, 0.25) is 0 Å². The number of ether oxygens (including phenoxy) is 2. The number of esters is 1. The van der Waals surface area contributed by atoms with Crippen LogP contribution in [0.4, 0.5) is 0 Å². The van der Waals surface area contributed by atoms with E-state index in [1.54, 1.807) is 7.11 Å². The number of aromatic nitrogens is 1. The van der Waals surface area contributed by atoms with Crippen molar-refractivity contribution in [2.45, 2.75) is 6.42 Å². The highest BCUT2D eigenvalue weighted by Crippen LogP contribution is 2.41. The summed E-state index contributed by atoms with van der Waals surface area (Å²) in [6.45, 7) is 0. The van der Waals surface area contributed by atoms with E-state index >= 15 is 0 Å². The lowest BCUT2D eigenvalue weighted by Gasteiger charge is -2.10. The second-order valence-electron chi connectivity index (χ2n) is 7.35. The van der Waals surface area contributed by atoms with Gasteiger partial charge in [0.25, 0.3) is 0 Å². The molecule has 5 aromatic rings. The monoisotopic (exact) mass is 395 g/mol. The summed E-state index contributed by atoms with van der Waals surface area (Å²) in [5.74, 6) is 0.402. The number of carbonyl (C=O) groups excluding carboxylic acids is 1. The largest absolute Gasteiger partial charge is 0.495 e. The number of carbonyl (C=O) groups is 1. The van der Waals surface area contributed by atoms with Gasteiger partial charge in [-0.3, -0.25) is 0 Å². The Labute approximate surface area is 174 Å². The summed E-state index contributed by atoms with van der Waals surface area (Å²) in [6, 6.07) is 24.4. The van der Waals surface area contributed by atoms with Gasteiger partial charge in [-0.05, 0) is 35.1 Å². The average Bonchev–Trinajstić information content (AvgIpc) is 3.17. The summed E-state index contributed by atoms with van der Waals surface area (Å²) in [4.78, 5) is 16.2. The zero-order valence-electron chi connectivity index (χ0n) is 16.9. The zero-order chi connectivity index (χ0) is 20.7. The molecule has 0 aliphatic rings. The third-order valence-electron chi connectivity index (χ3n) is 5.65. The second kappa shape index (κ2) is 7.23. The van der Waals surface area contributed by atoms with Crippen LogP contribution in [0.5, 0.6) is 5.75 Å². The standard InChI is InChI=1S/C26H21NO3/c1-29-25-19-11-7-6-10-17(19)15-21-23(25)22-20(26(28)30-2)13-12-18(24(22)27-21)14-16-8-4-3-5-9-16/h3-13,15,27H,14H2,1-2H3. The maximum absolute atomic E-state index is 12.6. The quantitative estimate of drug-likeness (QED) is 0.388. The van der Waals surface area contributed by atoms with E-state index in [1.165, 1.54) is 12.7 Å². The normalized spacial score (nSPS) is 11.3. The fraction of sp³-hybridized carbons (Fsp3) is 0.115. The molecule has 1 heterocycles. The Kier molecular flexibility index (Phi) is 4.40. The number of hydrogen-bond acceptors (Lipinski definition) is 3. The molecule has 4 nitrogen and oxygen atoms in total. The van der Waals surface area contributed by atoms with Gasteiger partial charge in [0.15, 0.2) is 0 Å². The van der Waals surface area contributed by atoms with Crippen LogP contribution in [-0.4, -0.2) is 25.2 Å². The highest BCUT2D eigenvalue weighted by Gasteiger charge is 2.21. The van der Waals surface area contributed by atoms with Crippen LogP contribution >= 0.6 is 0 Å². The topological polar surface area (TPSA) is 51.3 Å². The number of benzene rings is 4. The molecule has 0 unspecified atom stereocenters. The molecule has 0 saturated carbocycles. The van der Waals surface area contributed by atoms with E-state index < -0.39 is 0 Å². The lowest BCUT2D eigenvalue weighted by atomic mass is 9.97. The first kappa shape index (κ1) is 18.3. The summed E-state index contributed by atoms with van der Waals surface area (Å²) in [5.41, 5.74) is 4.73. The molecular formula is C26H21NO3. The van der Waals surface area contributed by atoms with E-state index in [0.29, 0.717) is 5.56 Å². The summed E-state index contributed by atoms with van der Waals surface area (Å²) in [7, 11) is 3.08. The van der Waals surface area contributed by atoms with Gasteiger partial charge in [0.1, 0.15) is 5.75 Å². The van der Waals surface area contributed by atoms with Crippen molar-refractivity contribution in [3.05, 3.63) is 89.5 Å². The number of nitrogens with one attached hydrogen (secondary N) is 1. The maximum Gasteiger partial charge on any atom is 0.338 e. The van der Waals surface area contributed by atoms with E-state index in [2.05, 4.69) is 29.2 Å². The molecule has 4 heteroatoms. The molecule has 148 valence electrons. The van der Waals surface area contributed by atoms with Gasteiger partial charge >= 0.3 is 5.97 Å². The molecule has 0 aliphatic carbocycles. The van der Waals surface area contributed by atoms with Crippen molar-refractivity contribution in [3.8, 4) is 5.75 Å². The van der Waals surface area contributed by atoms with Gasteiger partial charge in [-0.2, -0.15) is 0 Å². The average molecular weight is 395 g/mol. The molecule has 0 atom stereocenters.